The Labute approximate surface area is 91.6 Å². The molecule has 0 radical (unpaired) electrons. The Bertz CT molecular complexity index is 133. The van der Waals surface area contributed by atoms with E-state index >= 15 is 0 Å². The molecule has 0 spiro atoms. The van der Waals surface area contributed by atoms with Crippen molar-refractivity contribution in [3.8, 4) is 0 Å². The molecule has 1 atom stereocenters. The predicted octanol–water partition coefficient (Wildman–Crippen LogP) is 1.61. The van der Waals surface area contributed by atoms with E-state index in [1.54, 1.807) is 0 Å². The molecule has 82 valence electrons. The van der Waals surface area contributed by atoms with Gasteiger partial charge in [-0.2, -0.15) is 11.8 Å². The molecule has 1 unspecified atom stereocenters. The van der Waals surface area contributed by atoms with Crippen LogP contribution in [-0.4, -0.2) is 36.7 Å². The van der Waals surface area contributed by atoms with E-state index in [-0.39, 0.29) is 0 Å². The number of thioether (sulfide) groups is 1. The van der Waals surface area contributed by atoms with Crippen LogP contribution in [0.25, 0.3) is 0 Å². The number of rotatable bonds is 3. The third-order valence-corrected chi connectivity index (χ3v) is 4.65. The quantitative estimate of drug-likeness (QED) is 0.746. The van der Waals surface area contributed by atoms with Crippen LogP contribution in [0.3, 0.4) is 0 Å². The molecule has 0 aromatic rings. The maximum atomic E-state index is 3.73. The summed E-state index contributed by atoms with van der Waals surface area (Å²) in [6, 6.07) is 0.791. The third kappa shape index (κ3) is 3.44. The zero-order valence-corrected chi connectivity index (χ0v) is 9.74. The molecule has 3 heteroatoms. The molecular formula is C11H22N2S. The summed E-state index contributed by atoms with van der Waals surface area (Å²) in [4.78, 5) is 0. The van der Waals surface area contributed by atoms with Crippen LogP contribution in [0.15, 0.2) is 0 Å². The summed E-state index contributed by atoms with van der Waals surface area (Å²) in [6.07, 6.45) is 6.96. The summed E-state index contributed by atoms with van der Waals surface area (Å²) in [5.74, 6) is 1.39. The fourth-order valence-electron chi connectivity index (χ4n) is 2.29. The van der Waals surface area contributed by atoms with Crippen LogP contribution in [0.2, 0.25) is 0 Å². The van der Waals surface area contributed by atoms with Gasteiger partial charge in [0.15, 0.2) is 0 Å². The maximum absolute atomic E-state index is 3.73. The molecule has 0 amide bonds. The summed E-state index contributed by atoms with van der Waals surface area (Å²) in [6.45, 7) is 3.65. The van der Waals surface area contributed by atoms with Crippen molar-refractivity contribution >= 4 is 11.8 Å². The van der Waals surface area contributed by atoms with Crippen molar-refractivity contribution in [2.75, 3.05) is 25.4 Å². The first-order valence-corrected chi connectivity index (χ1v) is 7.06. The lowest BCUT2D eigenvalue weighted by atomic mass is 10.1. The molecule has 0 aromatic heterocycles. The van der Waals surface area contributed by atoms with Gasteiger partial charge in [-0.1, -0.05) is 6.42 Å². The molecule has 0 bridgehead atoms. The highest BCUT2D eigenvalue weighted by Gasteiger charge is 2.17. The minimum absolute atomic E-state index is 0.791. The van der Waals surface area contributed by atoms with Gasteiger partial charge in [0.2, 0.25) is 0 Å². The van der Waals surface area contributed by atoms with Gasteiger partial charge in [0.05, 0.1) is 0 Å². The molecule has 2 aliphatic heterocycles. The molecule has 2 nitrogen and oxygen atoms in total. The molecule has 2 saturated heterocycles. The van der Waals surface area contributed by atoms with Crippen molar-refractivity contribution in [3.63, 3.8) is 0 Å². The van der Waals surface area contributed by atoms with Crippen LogP contribution in [0, 0.1) is 0 Å². The van der Waals surface area contributed by atoms with Crippen molar-refractivity contribution in [2.24, 2.45) is 0 Å². The second-order valence-corrected chi connectivity index (χ2v) is 5.83. The topological polar surface area (TPSA) is 24.1 Å². The summed E-state index contributed by atoms with van der Waals surface area (Å²) in [5, 5.41) is 8.04. The standard InChI is InChI=1S/C11H22N2S/c1-2-8-14-11(3-1)9-13-10-4-6-12-7-5-10/h10-13H,1-9H2. The predicted molar refractivity (Wildman–Crippen MR) is 64.0 cm³/mol. The highest BCUT2D eigenvalue weighted by Crippen LogP contribution is 2.24. The lowest BCUT2D eigenvalue weighted by Gasteiger charge is -2.27. The van der Waals surface area contributed by atoms with Crippen molar-refractivity contribution < 1.29 is 0 Å². The minimum Gasteiger partial charge on any atom is -0.317 e. The number of hydrogen-bond donors (Lipinski definition) is 2. The molecule has 2 heterocycles. The van der Waals surface area contributed by atoms with E-state index < -0.39 is 0 Å². The SMILES string of the molecule is C1CCC(CNC2CCNCC2)SC1. The fraction of sp³-hybridized carbons (Fsp3) is 1.00. The summed E-state index contributed by atoms with van der Waals surface area (Å²) in [5.41, 5.74) is 0. The number of nitrogens with one attached hydrogen (secondary N) is 2. The van der Waals surface area contributed by atoms with Gasteiger partial charge in [-0.15, -0.1) is 0 Å². The second kappa shape index (κ2) is 5.99. The maximum Gasteiger partial charge on any atom is 0.0172 e. The van der Waals surface area contributed by atoms with Gasteiger partial charge in [0, 0.05) is 17.8 Å². The van der Waals surface area contributed by atoms with Gasteiger partial charge in [0.1, 0.15) is 0 Å². The first-order valence-electron chi connectivity index (χ1n) is 6.01. The van der Waals surface area contributed by atoms with Crippen LogP contribution in [0.4, 0.5) is 0 Å². The Morgan fingerprint density at radius 1 is 1.14 bits per heavy atom. The molecule has 2 fully saturated rings. The zero-order chi connectivity index (χ0) is 9.64. The van der Waals surface area contributed by atoms with E-state index in [2.05, 4.69) is 22.4 Å². The molecule has 0 aliphatic carbocycles. The van der Waals surface area contributed by atoms with E-state index in [0.29, 0.717) is 0 Å². The average Bonchev–Trinajstić information content (AvgIpc) is 2.29. The van der Waals surface area contributed by atoms with Crippen molar-refractivity contribution in [2.45, 2.75) is 43.4 Å². The van der Waals surface area contributed by atoms with E-state index in [0.717, 1.165) is 11.3 Å². The molecule has 14 heavy (non-hydrogen) atoms. The normalized spacial score (nSPS) is 30.4. The number of hydrogen-bond acceptors (Lipinski definition) is 3. The van der Waals surface area contributed by atoms with Crippen LogP contribution < -0.4 is 10.6 Å². The molecule has 2 N–H and O–H groups in total. The van der Waals surface area contributed by atoms with E-state index in [9.17, 15) is 0 Å². The summed E-state index contributed by atoms with van der Waals surface area (Å²) in [7, 11) is 0. The Hall–Kier alpha value is 0.270. The first-order chi connectivity index (χ1) is 6.95. The van der Waals surface area contributed by atoms with E-state index in [1.807, 2.05) is 0 Å². The highest BCUT2D eigenvalue weighted by atomic mass is 32.2. The molecule has 0 aromatic carbocycles. The van der Waals surface area contributed by atoms with Gasteiger partial charge in [-0.25, -0.2) is 0 Å². The Kier molecular flexibility index (Phi) is 4.61. The zero-order valence-electron chi connectivity index (χ0n) is 8.93. The molecular weight excluding hydrogens is 192 g/mol. The highest BCUT2D eigenvalue weighted by molar-refractivity contribution is 7.99. The van der Waals surface area contributed by atoms with Crippen LogP contribution in [0.1, 0.15) is 32.1 Å². The fourth-order valence-corrected chi connectivity index (χ4v) is 3.54. The number of piperidine rings is 1. The Morgan fingerprint density at radius 2 is 2.00 bits per heavy atom. The van der Waals surface area contributed by atoms with Gasteiger partial charge in [-0.05, 0) is 44.5 Å². The average molecular weight is 214 g/mol. The lowest BCUT2D eigenvalue weighted by Crippen LogP contribution is -2.42. The van der Waals surface area contributed by atoms with E-state index in [4.69, 9.17) is 0 Å². The van der Waals surface area contributed by atoms with Crippen LogP contribution in [-0.2, 0) is 0 Å². The Morgan fingerprint density at radius 3 is 2.71 bits per heavy atom. The van der Waals surface area contributed by atoms with Gasteiger partial charge >= 0.3 is 0 Å². The summed E-state index contributed by atoms with van der Waals surface area (Å²) < 4.78 is 0. The molecule has 0 saturated carbocycles. The van der Waals surface area contributed by atoms with Crippen molar-refractivity contribution in [3.05, 3.63) is 0 Å². The third-order valence-electron chi connectivity index (χ3n) is 3.25. The van der Waals surface area contributed by atoms with Crippen LogP contribution in [0.5, 0.6) is 0 Å². The summed E-state index contributed by atoms with van der Waals surface area (Å²) >= 11 is 2.17. The minimum atomic E-state index is 0.791. The second-order valence-electron chi connectivity index (χ2n) is 4.42. The van der Waals surface area contributed by atoms with Gasteiger partial charge in [-0.3, -0.25) is 0 Å². The van der Waals surface area contributed by atoms with Gasteiger partial charge < -0.3 is 10.6 Å². The first kappa shape index (κ1) is 10.8. The Balaban J connectivity index is 1.60. The largest absolute Gasteiger partial charge is 0.317 e. The smallest absolute Gasteiger partial charge is 0.0172 e. The van der Waals surface area contributed by atoms with Crippen molar-refractivity contribution in [1.29, 1.82) is 0 Å². The van der Waals surface area contributed by atoms with Crippen LogP contribution >= 0.6 is 11.8 Å². The monoisotopic (exact) mass is 214 g/mol. The van der Waals surface area contributed by atoms with Gasteiger partial charge in [0.25, 0.3) is 0 Å². The molecule has 2 rings (SSSR count). The lowest BCUT2D eigenvalue weighted by molar-refractivity contribution is 0.385. The van der Waals surface area contributed by atoms with Crippen molar-refractivity contribution in [1.82, 2.24) is 10.6 Å². The molecule has 2 aliphatic rings. The van der Waals surface area contributed by atoms with E-state index in [1.165, 1.54) is 57.5 Å².